The monoisotopic (exact) mass is 272 g/mol. The molecule has 1 heterocycles. The molecular formula is C11H16N2O2S2. The van der Waals surface area contributed by atoms with Crippen molar-refractivity contribution >= 4 is 21.4 Å². The highest BCUT2D eigenvalue weighted by atomic mass is 32.2. The maximum atomic E-state index is 12.3. The minimum atomic E-state index is -3.49. The van der Waals surface area contributed by atoms with Crippen molar-refractivity contribution in [3.8, 4) is 12.3 Å². The fourth-order valence-corrected chi connectivity index (χ4v) is 4.33. The Labute approximate surface area is 106 Å². The lowest BCUT2D eigenvalue weighted by atomic mass is 10.4. The van der Waals surface area contributed by atoms with E-state index in [1.54, 1.807) is 19.9 Å². The van der Waals surface area contributed by atoms with Gasteiger partial charge in [0.05, 0.1) is 11.4 Å². The topological polar surface area (TPSA) is 63.4 Å². The van der Waals surface area contributed by atoms with Gasteiger partial charge >= 0.3 is 0 Å². The maximum Gasteiger partial charge on any atom is 0.245 e. The second-order valence-corrected chi connectivity index (χ2v) is 6.72. The highest BCUT2D eigenvalue weighted by Gasteiger charge is 2.25. The van der Waals surface area contributed by atoms with Crippen molar-refractivity contribution in [3.63, 3.8) is 0 Å². The van der Waals surface area contributed by atoms with E-state index in [9.17, 15) is 8.42 Å². The lowest BCUT2D eigenvalue weighted by Crippen LogP contribution is -2.31. The first-order chi connectivity index (χ1) is 7.97. The van der Waals surface area contributed by atoms with Gasteiger partial charge in [0.2, 0.25) is 10.0 Å². The van der Waals surface area contributed by atoms with Crippen LogP contribution < -0.4 is 5.73 Å². The molecule has 0 aromatic carbocycles. The van der Waals surface area contributed by atoms with Crippen molar-refractivity contribution < 1.29 is 8.42 Å². The first-order valence-corrected chi connectivity index (χ1v) is 7.46. The number of terminal acetylenes is 1. The number of nitrogens with two attached hydrogens (primary N) is 1. The van der Waals surface area contributed by atoms with E-state index in [-0.39, 0.29) is 6.54 Å². The summed E-state index contributed by atoms with van der Waals surface area (Å²) in [5, 5.41) is 0. The van der Waals surface area contributed by atoms with E-state index in [0.29, 0.717) is 18.0 Å². The molecule has 94 valence electrons. The number of hydrogen-bond acceptors (Lipinski definition) is 4. The SMILES string of the molecule is C#CCN(CC)S(=O)(=O)c1cc(CN)sc1C. The Bertz CT molecular complexity index is 526. The molecule has 1 rings (SSSR count). The number of hydrogen-bond donors (Lipinski definition) is 1. The van der Waals surface area contributed by atoms with Gasteiger partial charge in [0.15, 0.2) is 0 Å². The van der Waals surface area contributed by atoms with E-state index >= 15 is 0 Å². The highest BCUT2D eigenvalue weighted by molar-refractivity contribution is 7.89. The molecule has 1 aromatic heterocycles. The summed E-state index contributed by atoms with van der Waals surface area (Å²) in [6, 6.07) is 1.63. The van der Waals surface area contributed by atoms with Crippen molar-refractivity contribution in [1.82, 2.24) is 4.31 Å². The molecule has 0 bridgehead atoms. The van der Waals surface area contributed by atoms with Crippen LogP contribution in [0.1, 0.15) is 16.7 Å². The van der Waals surface area contributed by atoms with Crippen LogP contribution in [0.4, 0.5) is 0 Å². The molecule has 6 heteroatoms. The Morgan fingerprint density at radius 1 is 1.59 bits per heavy atom. The minimum absolute atomic E-state index is 0.0894. The standard InChI is InChI=1S/C11H16N2O2S2/c1-4-6-13(5-2)17(14,15)11-7-10(8-12)16-9(11)3/h1,7H,5-6,8,12H2,2-3H3. The van der Waals surface area contributed by atoms with Gasteiger partial charge in [-0.05, 0) is 13.0 Å². The Kier molecular flexibility index (Phi) is 4.71. The van der Waals surface area contributed by atoms with Gasteiger partial charge < -0.3 is 5.73 Å². The molecule has 0 aliphatic heterocycles. The normalized spacial score (nSPS) is 11.7. The molecule has 0 unspecified atom stereocenters. The fourth-order valence-electron chi connectivity index (χ4n) is 1.49. The molecular weight excluding hydrogens is 256 g/mol. The fraction of sp³-hybridized carbons (Fsp3) is 0.455. The highest BCUT2D eigenvalue weighted by Crippen LogP contribution is 2.27. The van der Waals surface area contributed by atoms with Crippen molar-refractivity contribution in [2.24, 2.45) is 5.73 Å². The molecule has 0 amide bonds. The first-order valence-electron chi connectivity index (χ1n) is 5.20. The lowest BCUT2D eigenvalue weighted by molar-refractivity contribution is 0.464. The predicted molar refractivity (Wildman–Crippen MR) is 70.2 cm³/mol. The third-order valence-electron chi connectivity index (χ3n) is 2.36. The van der Waals surface area contributed by atoms with Crippen LogP contribution >= 0.6 is 11.3 Å². The number of nitrogens with zero attached hydrogens (tertiary/aromatic N) is 1. The van der Waals surface area contributed by atoms with Crippen LogP contribution in [0, 0.1) is 19.3 Å². The Balaban J connectivity index is 3.20. The molecule has 1 aromatic rings. The van der Waals surface area contributed by atoms with Crippen molar-refractivity contribution in [2.75, 3.05) is 13.1 Å². The third-order valence-corrected chi connectivity index (χ3v) is 5.61. The summed E-state index contributed by atoms with van der Waals surface area (Å²) < 4.78 is 25.9. The van der Waals surface area contributed by atoms with Gasteiger partial charge in [0.1, 0.15) is 0 Å². The van der Waals surface area contributed by atoms with E-state index in [1.165, 1.54) is 15.6 Å². The predicted octanol–water partition coefficient (Wildman–Crippen LogP) is 1.16. The summed E-state index contributed by atoms with van der Waals surface area (Å²) in [7, 11) is -3.49. The van der Waals surface area contributed by atoms with Crippen LogP contribution in [0.25, 0.3) is 0 Å². The van der Waals surface area contributed by atoms with Gasteiger partial charge in [0, 0.05) is 22.8 Å². The largest absolute Gasteiger partial charge is 0.326 e. The summed E-state index contributed by atoms with van der Waals surface area (Å²) in [5.41, 5.74) is 5.51. The van der Waals surface area contributed by atoms with Crippen LogP contribution in [0.15, 0.2) is 11.0 Å². The molecule has 17 heavy (non-hydrogen) atoms. The summed E-state index contributed by atoms with van der Waals surface area (Å²) in [4.78, 5) is 1.93. The van der Waals surface area contributed by atoms with Crippen LogP contribution in [0.2, 0.25) is 0 Å². The molecule has 0 fully saturated rings. The van der Waals surface area contributed by atoms with Gasteiger partial charge in [-0.25, -0.2) is 8.42 Å². The zero-order valence-electron chi connectivity index (χ0n) is 9.93. The molecule has 0 aliphatic rings. The van der Waals surface area contributed by atoms with Gasteiger partial charge in [0.25, 0.3) is 0 Å². The Morgan fingerprint density at radius 3 is 2.65 bits per heavy atom. The number of thiophene rings is 1. The zero-order valence-corrected chi connectivity index (χ0v) is 11.6. The molecule has 0 aliphatic carbocycles. The average Bonchev–Trinajstić information content (AvgIpc) is 2.67. The molecule has 0 saturated heterocycles. The second kappa shape index (κ2) is 5.65. The van der Waals surface area contributed by atoms with Gasteiger partial charge in [-0.2, -0.15) is 4.31 Å². The number of aryl methyl sites for hydroxylation is 1. The molecule has 0 radical (unpaired) electrons. The van der Waals surface area contributed by atoms with Crippen molar-refractivity contribution in [1.29, 1.82) is 0 Å². The van der Waals surface area contributed by atoms with E-state index in [0.717, 1.165) is 9.75 Å². The molecule has 2 N–H and O–H groups in total. The molecule has 0 atom stereocenters. The van der Waals surface area contributed by atoms with Gasteiger partial charge in [-0.15, -0.1) is 17.8 Å². The first kappa shape index (κ1) is 14.2. The van der Waals surface area contributed by atoms with Crippen LogP contribution in [-0.2, 0) is 16.6 Å². The van der Waals surface area contributed by atoms with Crippen LogP contribution in [0.3, 0.4) is 0 Å². The third kappa shape index (κ3) is 2.87. The molecule has 0 saturated carbocycles. The number of sulfonamides is 1. The second-order valence-electron chi connectivity index (χ2n) is 3.47. The summed E-state index contributed by atoms with van der Waals surface area (Å²) in [6.07, 6.45) is 5.18. The van der Waals surface area contributed by atoms with E-state index in [2.05, 4.69) is 5.92 Å². The molecule has 0 spiro atoms. The van der Waals surface area contributed by atoms with Gasteiger partial charge in [-0.1, -0.05) is 12.8 Å². The summed E-state index contributed by atoms with van der Waals surface area (Å²) >= 11 is 1.40. The Hall–Kier alpha value is -0.870. The van der Waals surface area contributed by atoms with E-state index in [4.69, 9.17) is 12.2 Å². The lowest BCUT2D eigenvalue weighted by Gasteiger charge is -2.17. The minimum Gasteiger partial charge on any atom is -0.326 e. The summed E-state index contributed by atoms with van der Waals surface area (Å²) in [5.74, 6) is 2.36. The Morgan fingerprint density at radius 2 is 2.24 bits per heavy atom. The van der Waals surface area contributed by atoms with Crippen molar-refractivity contribution in [2.45, 2.75) is 25.3 Å². The average molecular weight is 272 g/mol. The number of rotatable bonds is 5. The van der Waals surface area contributed by atoms with Crippen LogP contribution in [0.5, 0.6) is 0 Å². The van der Waals surface area contributed by atoms with Gasteiger partial charge in [-0.3, -0.25) is 0 Å². The van der Waals surface area contributed by atoms with Crippen LogP contribution in [-0.4, -0.2) is 25.8 Å². The smallest absolute Gasteiger partial charge is 0.245 e. The quantitative estimate of drug-likeness (QED) is 0.818. The van der Waals surface area contributed by atoms with E-state index < -0.39 is 10.0 Å². The van der Waals surface area contributed by atoms with E-state index in [1.807, 2.05) is 0 Å². The zero-order chi connectivity index (χ0) is 13.1. The molecule has 4 nitrogen and oxygen atoms in total. The maximum absolute atomic E-state index is 12.3. The van der Waals surface area contributed by atoms with Crippen molar-refractivity contribution in [3.05, 3.63) is 15.8 Å². The summed E-state index contributed by atoms with van der Waals surface area (Å²) in [6.45, 7) is 4.34.